The Kier molecular flexibility index (Phi) is 4.66. The van der Waals surface area contributed by atoms with Crippen molar-refractivity contribution in [3.63, 3.8) is 0 Å². The van der Waals surface area contributed by atoms with Gasteiger partial charge in [-0.25, -0.2) is 4.98 Å². The maximum Gasteiger partial charge on any atom is 0.260 e. The second kappa shape index (κ2) is 6.93. The Hall–Kier alpha value is -1.64. The van der Waals surface area contributed by atoms with Gasteiger partial charge in [-0.3, -0.25) is 9.59 Å². The number of carbonyl (C=O) groups excluding carboxylic acids is 1. The standard InChI is InChI=1S/C17H17N3O2S3/c1-10(16(22)20-6-2-3-7-20)25-17-18-14(21)13-11(9-24-15(13)19-17)12-5-4-8-23-12/h4-5,8-10H,2-3,6-7H2,1H3,(H,18,19,21)/t10-/m0/s1. The first-order valence-corrected chi connectivity index (χ1v) is 10.8. The van der Waals surface area contributed by atoms with E-state index in [0.717, 1.165) is 41.2 Å². The zero-order chi connectivity index (χ0) is 17.4. The molecule has 3 aromatic heterocycles. The maximum atomic E-state index is 12.6. The summed E-state index contributed by atoms with van der Waals surface area (Å²) in [6.07, 6.45) is 2.15. The molecule has 0 saturated carbocycles. The van der Waals surface area contributed by atoms with E-state index in [-0.39, 0.29) is 16.7 Å². The third-order valence-electron chi connectivity index (χ3n) is 4.26. The molecule has 1 saturated heterocycles. The highest BCUT2D eigenvalue weighted by atomic mass is 32.2. The lowest BCUT2D eigenvalue weighted by Gasteiger charge is -2.19. The monoisotopic (exact) mass is 391 g/mol. The first kappa shape index (κ1) is 16.8. The number of rotatable bonds is 4. The molecule has 1 amide bonds. The lowest BCUT2D eigenvalue weighted by atomic mass is 10.2. The average Bonchev–Trinajstić information content (AvgIpc) is 3.33. The number of thioether (sulfide) groups is 1. The van der Waals surface area contributed by atoms with Crippen molar-refractivity contribution < 1.29 is 4.79 Å². The van der Waals surface area contributed by atoms with Gasteiger partial charge in [0.2, 0.25) is 5.91 Å². The molecular weight excluding hydrogens is 374 g/mol. The number of fused-ring (bicyclic) bond motifs is 1. The fraction of sp³-hybridized carbons (Fsp3) is 0.353. The minimum atomic E-state index is -0.254. The SMILES string of the molecule is C[C@H](Sc1nc2scc(-c3cccs3)c2c(=O)[nH]1)C(=O)N1CCCC1. The molecule has 0 bridgehead atoms. The molecule has 1 atom stereocenters. The molecule has 1 aliphatic heterocycles. The summed E-state index contributed by atoms with van der Waals surface area (Å²) in [7, 11) is 0. The molecule has 0 spiro atoms. The molecule has 4 rings (SSSR count). The van der Waals surface area contributed by atoms with Gasteiger partial charge in [0.25, 0.3) is 5.56 Å². The van der Waals surface area contributed by atoms with Crippen LogP contribution in [-0.2, 0) is 4.79 Å². The van der Waals surface area contributed by atoms with Crippen LogP contribution in [0, 0.1) is 0 Å². The lowest BCUT2D eigenvalue weighted by Crippen LogP contribution is -2.34. The molecule has 1 aliphatic rings. The Morgan fingerprint density at radius 1 is 1.36 bits per heavy atom. The van der Waals surface area contributed by atoms with E-state index in [2.05, 4.69) is 9.97 Å². The van der Waals surface area contributed by atoms with Crippen LogP contribution in [0.25, 0.3) is 20.7 Å². The number of H-pyrrole nitrogens is 1. The molecule has 1 fully saturated rings. The van der Waals surface area contributed by atoms with E-state index in [1.54, 1.807) is 11.3 Å². The van der Waals surface area contributed by atoms with Crippen LogP contribution < -0.4 is 5.56 Å². The summed E-state index contributed by atoms with van der Waals surface area (Å²) in [4.78, 5) is 36.1. The van der Waals surface area contributed by atoms with Crippen LogP contribution in [0.15, 0.2) is 32.8 Å². The van der Waals surface area contributed by atoms with Crippen LogP contribution in [0.3, 0.4) is 0 Å². The summed E-state index contributed by atoms with van der Waals surface area (Å²) in [5.74, 6) is 0.121. The van der Waals surface area contributed by atoms with Crippen molar-refractivity contribution in [1.82, 2.24) is 14.9 Å². The molecule has 1 N–H and O–H groups in total. The Bertz CT molecular complexity index is 955. The Labute approximate surface area is 157 Å². The van der Waals surface area contributed by atoms with Crippen LogP contribution in [0.1, 0.15) is 19.8 Å². The summed E-state index contributed by atoms with van der Waals surface area (Å²) in [6.45, 7) is 3.55. The van der Waals surface area contributed by atoms with Gasteiger partial charge in [0.15, 0.2) is 5.16 Å². The molecule has 0 unspecified atom stereocenters. The number of nitrogens with zero attached hydrogens (tertiary/aromatic N) is 2. The lowest BCUT2D eigenvalue weighted by molar-refractivity contribution is -0.129. The normalized spacial score (nSPS) is 15.8. The molecule has 0 aromatic carbocycles. The predicted octanol–water partition coefficient (Wildman–Crippen LogP) is 3.82. The van der Waals surface area contributed by atoms with Crippen LogP contribution in [0.5, 0.6) is 0 Å². The zero-order valence-electron chi connectivity index (χ0n) is 13.7. The van der Waals surface area contributed by atoms with E-state index in [0.29, 0.717) is 10.5 Å². The van der Waals surface area contributed by atoms with Crippen molar-refractivity contribution in [1.29, 1.82) is 0 Å². The molecule has 25 heavy (non-hydrogen) atoms. The Morgan fingerprint density at radius 2 is 2.16 bits per heavy atom. The molecule has 0 radical (unpaired) electrons. The maximum absolute atomic E-state index is 12.6. The van der Waals surface area contributed by atoms with Crippen molar-refractivity contribution in [3.8, 4) is 10.4 Å². The van der Waals surface area contributed by atoms with E-state index in [1.807, 2.05) is 34.7 Å². The highest BCUT2D eigenvalue weighted by Gasteiger charge is 2.25. The number of likely N-dealkylation sites (tertiary alicyclic amines) is 1. The van der Waals surface area contributed by atoms with Crippen molar-refractivity contribution in [3.05, 3.63) is 33.2 Å². The smallest absolute Gasteiger partial charge is 0.260 e. The number of thiophene rings is 2. The van der Waals surface area contributed by atoms with Crippen LogP contribution >= 0.6 is 34.4 Å². The van der Waals surface area contributed by atoms with Crippen molar-refractivity contribution in [2.24, 2.45) is 0 Å². The molecule has 3 aromatic rings. The number of aromatic amines is 1. The highest BCUT2D eigenvalue weighted by Crippen LogP contribution is 2.34. The Balaban J connectivity index is 1.61. The molecule has 5 nitrogen and oxygen atoms in total. The number of carbonyl (C=O) groups is 1. The molecule has 4 heterocycles. The van der Waals surface area contributed by atoms with Gasteiger partial charge in [-0.2, -0.15) is 0 Å². The Morgan fingerprint density at radius 3 is 2.88 bits per heavy atom. The second-order valence-electron chi connectivity index (χ2n) is 5.97. The van der Waals surface area contributed by atoms with E-state index in [1.165, 1.54) is 23.1 Å². The number of amides is 1. The van der Waals surface area contributed by atoms with Gasteiger partial charge >= 0.3 is 0 Å². The van der Waals surface area contributed by atoms with E-state index in [4.69, 9.17) is 0 Å². The first-order chi connectivity index (χ1) is 12.1. The van der Waals surface area contributed by atoms with E-state index < -0.39 is 0 Å². The van der Waals surface area contributed by atoms with Crippen LogP contribution in [-0.4, -0.2) is 39.1 Å². The molecular formula is C17H17N3O2S3. The zero-order valence-corrected chi connectivity index (χ0v) is 16.1. The van der Waals surface area contributed by atoms with Crippen molar-refractivity contribution in [2.75, 3.05) is 13.1 Å². The topological polar surface area (TPSA) is 66.1 Å². The second-order valence-corrected chi connectivity index (χ2v) is 9.11. The van der Waals surface area contributed by atoms with Gasteiger partial charge in [0, 0.05) is 28.9 Å². The molecule has 8 heteroatoms. The fourth-order valence-corrected chi connectivity index (χ4v) is 5.71. The average molecular weight is 392 g/mol. The summed E-state index contributed by atoms with van der Waals surface area (Å²) in [5.41, 5.74) is 0.791. The summed E-state index contributed by atoms with van der Waals surface area (Å²) in [6, 6.07) is 3.98. The van der Waals surface area contributed by atoms with Gasteiger partial charge in [0.05, 0.1) is 10.6 Å². The summed E-state index contributed by atoms with van der Waals surface area (Å²) >= 11 is 4.40. The van der Waals surface area contributed by atoms with Gasteiger partial charge in [-0.1, -0.05) is 17.8 Å². The minimum absolute atomic E-state index is 0.121. The van der Waals surface area contributed by atoms with Crippen LogP contribution in [0.2, 0.25) is 0 Å². The molecule has 130 valence electrons. The number of hydrogen-bond acceptors (Lipinski definition) is 6. The quantitative estimate of drug-likeness (QED) is 0.542. The van der Waals surface area contributed by atoms with Gasteiger partial charge in [0.1, 0.15) is 4.83 Å². The van der Waals surface area contributed by atoms with Gasteiger partial charge in [-0.05, 0) is 31.2 Å². The predicted molar refractivity (Wildman–Crippen MR) is 105 cm³/mol. The highest BCUT2D eigenvalue weighted by molar-refractivity contribution is 8.00. The van der Waals surface area contributed by atoms with Gasteiger partial charge in [-0.15, -0.1) is 22.7 Å². The first-order valence-electron chi connectivity index (χ1n) is 8.14. The number of nitrogens with one attached hydrogen (secondary N) is 1. The largest absolute Gasteiger partial charge is 0.342 e. The fourth-order valence-electron chi connectivity index (χ4n) is 3.01. The van der Waals surface area contributed by atoms with E-state index >= 15 is 0 Å². The number of aromatic nitrogens is 2. The van der Waals surface area contributed by atoms with Crippen molar-refractivity contribution >= 4 is 50.6 Å². The van der Waals surface area contributed by atoms with Crippen molar-refractivity contribution in [2.45, 2.75) is 30.2 Å². The number of hydrogen-bond donors (Lipinski definition) is 1. The molecule has 0 aliphatic carbocycles. The minimum Gasteiger partial charge on any atom is -0.342 e. The van der Waals surface area contributed by atoms with E-state index in [9.17, 15) is 9.59 Å². The summed E-state index contributed by atoms with van der Waals surface area (Å²) < 4.78 is 0. The third-order valence-corrected chi connectivity index (χ3v) is 7.01. The summed E-state index contributed by atoms with van der Waals surface area (Å²) in [5, 5.41) is 4.87. The van der Waals surface area contributed by atoms with Crippen LogP contribution in [0.4, 0.5) is 0 Å². The third kappa shape index (κ3) is 3.26. The van der Waals surface area contributed by atoms with Gasteiger partial charge < -0.3 is 9.88 Å².